The summed E-state index contributed by atoms with van der Waals surface area (Å²) in [5.41, 5.74) is -0.212. The Morgan fingerprint density at radius 1 is 1.29 bits per heavy atom. The summed E-state index contributed by atoms with van der Waals surface area (Å²) < 4.78 is 5.30. The van der Waals surface area contributed by atoms with Crippen LogP contribution >= 0.6 is 23.2 Å². The van der Waals surface area contributed by atoms with E-state index in [1.165, 1.54) is 18.2 Å². The number of carboxylic acid groups (broad SMARTS) is 1. The molecule has 0 unspecified atom stereocenters. The van der Waals surface area contributed by atoms with E-state index >= 15 is 0 Å². The molecule has 1 aromatic heterocycles. The zero-order valence-electron chi connectivity index (χ0n) is 10.9. The van der Waals surface area contributed by atoms with E-state index in [9.17, 15) is 9.59 Å². The molecule has 0 saturated heterocycles. The highest BCUT2D eigenvalue weighted by Gasteiger charge is 2.19. The van der Waals surface area contributed by atoms with Crippen molar-refractivity contribution >= 4 is 40.8 Å². The maximum atomic E-state index is 12.1. The first-order chi connectivity index (χ1) is 9.92. The van der Waals surface area contributed by atoms with Gasteiger partial charge in [-0.25, -0.2) is 4.79 Å². The van der Waals surface area contributed by atoms with Crippen molar-refractivity contribution in [3.05, 3.63) is 51.4 Å². The molecule has 2 N–H and O–H groups in total. The monoisotopic (exact) mass is 327 g/mol. The van der Waals surface area contributed by atoms with E-state index in [4.69, 9.17) is 32.7 Å². The third kappa shape index (κ3) is 3.37. The molecule has 1 heterocycles. The Kier molecular flexibility index (Phi) is 4.55. The van der Waals surface area contributed by atoms with Crippen molar-refractivity contribution in [3.63, 3.8) is 0 Å². The molecule has 110 valence electrons. The number of nitrogens with one attached hydrogen (secondary N) is 1. The van der Waals surface area contributed by atoms with Crippen LogP contribution < -0.4 is 5.32 Å². The zero-order valence-corrected chi connectivity index (χ0v) is 12.5. The van der Waals surface area contributed by atoms with Crippen LogP contribution in [-0.4, -0.2) is 17.0 Å². The highest BCUT2D eigenvalue weighted by molar-refractivity contribution is 6.38. The molecule has 0 fully saturated rings. The van der Waals surface area contributed by atoms with E-state index in [0.717, 1.165) is 0 Å². The first-order valence-electron chi connectivity index (χ1n) is 6.04. The van der Waals surface area contributed by atoms with Gasteiger partial charge in [0.15, 0.2) is 5.76 Å². The van der Waals surface area contributed by atoms with Gasteiger partial charge in [-0.05, 0) is 24.3 Å². The number of hydrogen-bond acceptors (Lipinski definition) is 3. The Hall–Kier alpha value is -1.98. The summed E-state index contributed by atoms with van der Waals surface area (Å²) in [7, 11) is 0. The lowest BCUT2D eigenvalue weighted by molar-refractivity contribution is 0.0698. The average molecular weight is 328 g/mol. The van der Waals surface area contributed by atoms with E-state index in [0.29, 0.717) is 12.2 Å². The van der Waals surface area contributed by atoms with E-state index in [1.54, 1.807) is 6.07 Å². The molecule has 0 saturated carbocycles. The maximum absolute atomic E-state index is 12.1. The topological polar surface area (TPSA) is 79.5 Å². The third-order valence-electron chi connectivity index (χ3n) is 2.76. The van der Waals surface area contributed by atoms with Gasteiger partial charge in [0.1, 0.15) is 5.76 Å². The number of carboxylic acids is 1. The molecule has 1 aromatic carbocycles. The summed E-state index contributed by atoms with van der Waals surface area (Å²) in [4.78, 5) is 23.3. The number of carbonyl (C=O) groups is 2. The molecule has 2 aromatic rings. The second-order valence-electron chi connectivity index (χ2n) is 4.19. The fourth-order valence-corrected chi connectivity index (χ4v) is 2.28. The lowest BCUT2D eigenvalue weighted by atomic mass is 10.1. The Morgan fingerprint density at radius 2 is 2.00 bits per heavy atom. The smallest absolute Gasteiger partial charge is 0.337 e. The summed E-state index contributed by atoms with van der Waals surface area (Å²) >= 11 is 11.7. The molecule has 5 nitrogen and oxygen atoms in total. The fourth-order valence-electron chi connectivity index (χ4n) is 1.73. The van der Waals surface area contributed by atoms with Gasteiger partial charge in [-0.2, -0.15) is 0 Å². The predicted octanol–water partition coefficient (Wildman–Crippen LogP) is 4.10. The zero-order chi connectivity index (χ0) is 15.6. The number of anilines is 1. The van der Waals surface area contributed by atoms with E-state index < -0.39 is 11.9 Å². The highest BCUT2D eigenvalue weighted by Crippen LogP contribution is 2.30. The van der Waals surface area contributed by atoms with Crippen molar-refractivity contribution < 1.29 is 19.1 Å². The number of halogens is 2. The molecular weight excluding hydrogens is 317 g/mol. The quantitative estimate of drug-likeness (QED) is 0.885. The second-order valence-corrected chi connectivity index (χ2v) is 5.03. The van der Waals surface area contributed by atoms with Crippen LogP contribution in [0.1, 0.15) is 33.6 Å². The van der Waals surface area contributed by atoms with Crippen LogP contribution in [0.25, 0.3) is 0 Å². The predicted molar refractivity (Wildman–Crippen MR) is 79.5 cm³/mol. The summed E-state index contributed by atoms with van der Waals surface area (Å²) in [6.07, 6.45) is 0.648. The summed E-state index contributed by atoms with van der Waals surface area (Å²) in [6, 6.07) is 5.75. The molecule has 0 bridgehead atoms. The molecule has 7 heteroatoms. The van der Waals surface area contributed by atoms with Gasteiger partial charge in [-0.15, -0.1) is 0 Å². The van der Waals surface area contributed by atoms with Crippen molar-refractivity contribution in [1.29, 1.82) is 0 Å². The lowest BCUT2D eigenvalue weighted by Gasteiger charge is -2.10. The molecule has 0 atom stereocenters. The molecule has 21 heavy (non-hydrogen) atoms. The number of carbonyl (C=O) groups excluding carboxylic acids is 1. The van der Waals surface area contributed by atoms with Crippen molar-refractivity contribution in [2.24, 2.45) is 0 Å². The number of rotatable bonds is 4. The molecule has 0 spiro atoms. The molecule has 0 aliphatic heterocycles. The Bertz CT molecular complexity index is 709. The van der Waals surface area contributed by atoms with E-state index in [2.05, 4.69) is 5.32 Å². The number of amides is 1. The minimum absolute atomic E-state index is 0.0204. The number of aromatic carboxylic acids is 1. The standard InChI is InChI=1S/C14H11Cl2NO4/c1-2-8-3-4-11(21-8)13(18)17-12-9(14(19)20)5-7(15)6-10(12)16/h3-6H,2H2,1H3,(H,17,18)(H,19,20). The van der Waals surface area contributed by atoms with Gasteiger partial charge in [0.05, 0.1) is 16.3 Å². The highest BCUT2D eigenvalue weighted by atomic mass is 35.5. The Balaban J connectivity index is 2.34. The van der Waals surface area contributed by atoms with Crippen molar-refractivity contribution in [2.45, 2.75) is 13.3 Å². The third-order valence-corrected chi connectivity index (χ3v) is 3.27. The lowest BCUT2D eigenvalue weighted by Crippen LogP contribution is -2.14. The van der Waals surface area contributed by atoms with Crippen molar-refractivity contribution in [3.8, 4) is 0 Å². The summed E-state index contributed by atoms with van der Waals surface area (Å²) in [5.74, 6) is -1.10. The van der Waals surface area contributed by atoms with Gasteiger partial charge in [-0.3, -0.25) is 4.79 Å². The SMILES string of the molecule is CCc1ccc(C(=O)Nc2c(Cl)cc(Cl)cc2C(=O)O)o1. The minimum atomic E-state index is -1.25. The van der Waals surface area contributed by atoms with Gasteiger partial charge >= 0.3 is 5.97 Å². The van der Waals surface area contributed by atoms with Gasteiger partial charge in [-0.1, -0.05) is 30.1 Å². The van der Waals surface area contributed by atoms with Crippen LogP contribution in [0.2, 0.25) is 10.0 Å². The van der Waals surface area contributed by atoms with Crippen molar-refractivity contribution in [1.82, 2.24) is 0 Å². The largest absolute Gasteiger partial charge is 0.478 e. The number of hydrogen-bond donors (Lipinski definition) is 2. The number of benzene rings is 1. The second kappa shape index (κ2) is 6.20. The van der Waals surface area contributed by atoms with Crippen LogP contribution in [0.4, 0.5) is 5.69 Å². The van der Waals surface area contributed by atoms with Crippen LogP contribution in [-0.2, 0) is 6.42 Å². The molecule has 0 aliphatic carbocycles. The Labute approximate surface area is 130 Å². The molecule has 0 aliphatic rings. The van der Waals surface area contributed by atoms with Gasteiger partial charge in [0.25, 0.3) is 5.91 Å². The van der Waals surface area contributed by atoms with E-state index in [-0.39, 0.29) is 27.1 Å². The Morgan fingerprint density at radius 3 is 2.57 bits per heavy atom. The van der Waals surface area contributed by atoms with Gasteiger partial charge in [0.2, 0.25) is 0 Å². The molecule has 0 radical (unpaired) electrons. The number of aryl methyl sites for hydroxylation is 1. The molecular formula is C14H11Cl2NO4. The van der Waals surface area contributed by atoms with E-state index in [1.807, 2.05) is 6.92 Å². The fraction of sp³-hybridized carbons (Fsp3) is 0.143. The normalized spacial score (nSPS) is 10.4. The molecule has 1 amide bonds. The minimum Gasteiger partial charge on any atom is -0.478 e. The van der Waals surface area contributed by atoms with Gasteiger partial charge in [0, 0.05) is 11.4 Å². The first-order valence-corrected chi connectivity index (χ1v) is 6.80. The van der Waals surface area contributed by atoms with Crippen LogP contribution in [0.15, 0.2) is 28.7 Å². The summed E-state index contributed by atoms with van der Waals surface area (Å²) in [6.45, 7) is 1.89. The summed E-state index contributed by atoms with van der Waals surface area (Å²) in [5, 5.41) is 11.8. The number of furan rings is 1. The molecule has 2 rings (SSSR count). The van der Waals surface area contributed by atoms with Crippen LogP contribution in [0.3, 0.4) is 0 Å². The van der Waals surface area contributed by atoms with Crippen LogP contribution in [0.5, 0.6) is 0 Å². The first kappa shape index (κ1) is 15.4. The average Bonchev–Trinajstić information content (AvgIpc) is 2.90. The van der Waals surface area contributed by atoms with Gasteiger partial charge < -0.3 is 14.8 Å². The van der Waals surface area contributed by atoms with Crippen molar-refractivity contribution in [2.75, 3.05) is 5.32 Å². The maximum Gasteiger partial charge on any atom is 0.337 e. The van der Waals surface area contributed by atoms with Crippen LogP contribution in [0, 0.1) is 0 Å².